The first-order valence-corrected chi connectivity index (χ1v) is 7.12. The van der Waals surface area contributed by atoms with Gasteiger partial charge in [0.25, 0.3) is 5.69 Å². The lowest BCUT2D eigenvalue weighted by Crippen LogP contribution is -2.47. The number of nitrogens with zero attached hydrogens (tertiary/aromatic N) is 2. The van der Waals surface area contributed by atoms with Gasteiger partial charge in [-0.25, -0.2) is 0 Å². The molecular formula is C15H23N3O2. The van der Waals surface area contributed by atoms with Crippen molar-refractivity contribution < 1.29 is 4.92 Å². The normalized spacial score (nSPS) is 17.4. The maximum atomic E-state index is 11.2. The first-order valence-electron chi connectivity index (χ1n) is 7.12. The van der Waals surface area contributed by atoms with Crippen molar-refractivity contribution in [1.82, 2.24) is 4.90 Å². The van der Waals surface area contributed by atoms with Crippen LogP contribution in [0.25, 0.3) is 0 Å². The minimum atomic E-state index is -0.297. The van der Waals surface area contributed by atoms with E-state index in [-0.39, 0.29) is 16.1 Å². The molecule has 1 N–H and O–H groups in total. The second kappa shape index (κ2) is 5.79. The largest absolute Gasteiger partial charge is 0.378 e. The van der Waals surface area contributed by atoms with Crippen LogP contribution < -0.4 is 5.32 Å². The second-order valence-electron chi connectivity index (χ2n) is 5.91. The zero-order chi connectivity index (χ0) is 14.8. The number of rotatable bonds is 5. The van der Waals surface area contributed by atoms with Crippen LogP contribution in [0.1, 0.15) is 31.2 Å². The molecule has 1 fully saturated rings. The molecule has 2 rings (SSSR count). The van der Waals surface area contributed by atoms with Crippen LogP contribution in [0.2, 0.25) is 0 Å². The number of nitro benzene ring substituents is 1. The van der Waals surface area contributed by atoms with Gasteiger partial charge in [0.2, 0.25) is 0 Å². The molecule has 5 heteroatoms. The predicted octanol–water partition coefficient (Wildman–Crippen LogP) is 3.19. The van der Waals surface area contributed by atoms with Gasteiger partial charge in [-0.3, -0.25) is 10.1 Å². The van der Waals surface area contributed by atoms with Gasteiger partial charge in [0, 0.05) is 17.6 Å². The van der Waals surface area contributed by atoms with E-state index in [2.05, 4.69) is 24.3 Å². The lowest BCUT2D eigenvalue weighted by molar-refractivity contribution is -0.384. The molecule has 0 aromatic heterocycles. The van der Waals surface area contributed by atoms with Crippen LogP contribution in [0.3, 0.4) is 0 Å². The van der Waals surface area contributed by atoms with E-state index in [0.717, 1.165) is 19.4 Å². The molecule has 1 aliphatic carbocycles. The molecule has 20 heavy (non-hydrogen) atoms. The molecule has 110 valence electrons. The number of nitro groups is 1. The van der Waals surface area contributed by atoms with E-state index >= 15 is 0 Å². The summed E-state index contributed by atoms with van der Waals surface area (Å²) in [4.78, 5) is 13.2. The molecule has 0 spiro atoms. The number of benzene rings is 1. The van der Waals surface area contributed by atoms with Gasteiger partial charge in [0.1, 0.15) is 5.69 Å². The summed E-state index contributed by atoms with van der Waals surface area (Å²) < 4.78 is 0. The Morgan fingerprint density at radius 3 is 2.55 bits per heavy atom. The van der Waals surface area contributed by atoms with Crippen molar-refractivity contribution in [3.05, 3.63) is 33.9 Å². The fourth-order valence-corrected chi connectivity index (χ4v) is 3.12. The summed E-state index contributed by atoms with van der Waals surface area (Å²) in [5, 5.41) is 14.5. The van der Waals surface area contributed by atoms with Crippen molar-refractivity contribution in [1.29, 1.82) is 0 Å². The van der Waals surface area contributed by atoms with Crippen LogP contribution in [0.5, 0.6) is 0 Å². The zero-order valence-electron chi connectivity index (χ0n) is 12.5. The molecule has 0 saturated heterocycles. The fraction of sp³-hybridized carbons (Fsp3) is 0.600. The van der Waals surface area contributed by atoms with Crippen molar-refractivity contribution in [2.45, 2.75) is 38.1 Å². The Bertz CT molecular complexity index is 494. The zero-order valence-corrected chi connectivity index (χ0v) is 12.5. The molecule has 5 nitrogen and oxygen atoms in total. The molecule has 0 bridgehead atoms. The first kappa shape index (κ1) is 14.8. The molecular weight excluding hydrogens is 254 g/mol. The van der Waals surface area contributed by atoms with E-state index in [1.807, 2.05) is 6.07 Å². The lowest BCUT2D eigenvalue weighted by atomic mass is 9.95. The van der Waals surface area contributed by atoms with Gasteiger partial charge < -0.3 is 10.2 Å². The van der Waals surface area contributed by atoms with E-state index in [4.69, 9.17) is 0 Å². The van der Waals surface area contributed by atoms with Crippen LogP contribution in [-0.4, -0.2) is 36.0 Å². The Labute approximate surface area is 120 Å². The summed E-state index contributed by atoms with van der Waals surface area (Å²) in [6, 6.07) is 5.44. The predicted molar refractivity (Wildman–Crippen MR) is 81.2 cm³/mol. The highest BCUT2D eigenvalue weighted by molar-refractivity contribution is 5.65. The number of hydrogen-bond donors (Lipinski definition) is 1. The van der Waals surface area contributed by atoms with Crippen LogP contribution >= 0.6 is 0 Å². The third-order valence-corrected chi connectivity index (χ3v) is 4.51. The monoisotopic (exact) mass is 277 g/mol. The maximum Gasteiger partial charge on any atom is 0.295 e. The Morgan fingerprint density at radius 1 is 1.35 bits per heavy atom. The van der Waals surface area contributed by atoms with Crippen LogP contribution in [-0.2, 0) is 0 Å². The van der Waals surface area contributed by atoms with Gasteiger partial charge >= 0.3 is 0 Å². The number of likely N-dealkylation sites (N-methyl/N-ethyl adjacent to an activating group) is 1. The number of hydrogen-bond acceptors (Lipinski definition) is 4. The number of para-hydroxylation sites is 1. The number of anilines is 1. The second-order valence-corrected chi connectivity index (χ2v) is 5.91. The van der Waals surface area contributed by atoms with Crippen molar-refractivity contribution >= 4 is 11.4 Å². The summed E-state index contributed by atoms with van der Waals surface area (Å²) in [5.74, 6) is 0. The highest BCUT2D eigenvalue weighted by Crippen LogP contribution is 2.35. The average molecular weight is 277 g/mol. The van der Waals surface area contributed by atoms with Gasteiger partial charge in [-0.15, -0.1) is 0 Å². The smallest absolute Gasteiger partial charge is 0.295 e. The highest BCUT2D eigenvalue weighted by atomic mass is 16.6. The molecule has 0 aliphatic heterocycles. The molecule has 1 aromatic rings. The maximum absolute atomic E-state index is 11.2. The highest BCUT2D eigenvalue weighted by Gasteiger charge is 2.36. The molecule has 0 radical (unpaired) electrons. The van der Waals surface area contributed by atoms with Crippen LogP contribution in [0.4, 0.5) is 11.4 Å². The van der Waals surface area contributed by atoms with Gasteiger partial charge in [0.05, 0.1) is 4.92 Å². The molecule has 0 heterocycles. The van der Waals surface area contributed by atoms with E-state index < -0.39 is 0 Å². The summed E-state index contributed by atoms with van der Waals surface area (Å²) in [6.07, 6.45) is 4.75. The van der Waals surface area contributed by atoms with Gasteiger partial charge in [-0.1, -0.05) is 25.0 Å². The molecule has 1 saturated carbocycles. The van der Waals surface area contributed by atoms with Crippen LogP contribution in [0, 0.1) is 17.0 Å². The summed E-state index contributed by atoms with van der Waals surface area (Å²) in [6.45, 7) is 2.53. The van der Waals surface area contributed by atoms with E-state index in [0.29, 0.717) is 11.3 Å². The molecule has 1 aromatic carbocycles. The number of aryl methyl sites for hydroxylation is 1. The molecule has 0 unspecified atom stereocenters. The molecule has 0 atom stereocenters. The molecule has 0 amide bonds. The number of nitrogens with one attached hydrogen (secondary N) is 1. The topological polar surface area (TPSA) is 58.4 Å². The Morgan fingerprint density at radius 2 is 2.00 bits per heavy atom. The van der Waals surface area contributed by atoms with Gasteiger partial charge in [-0.2, -0.15) is 0 Å². The standard InChI is InChI=1S/C15H23N3O2/c1-12-7-6-8-13(14(12)18(19)20)16-11-15(17(2)3)9-4-5-10-15/h6-8,16H,4-5,9-11H2,1-3H3. The van der Waals surface area contributed by atoms with Crippen molar-refractivity contribution in [3.8, 4) is 0 Å². The van der Waals surface area contributed by atoms with Gasteiger partial charge in [-0.05, 0) is 39.9 Å². The van der Waals surface area contributed by atoms with E-state index in [1.165, 1.54) is 12.8 Å². The SMILES string of the molecule is Cc1cccc(NCC2(N(C)C)CCCC2)c1[N+](=O)[O-]. The summed E-state index contributed by atoms with van der Waals surface area (Å²) in [7, 11) is 4.19. The minimum Gasteiger partial charge on any atom is -0.378 e. The third kappa shape index (κ3) is 2.77. The fourth-order valence-electron chi connectivity index (χ4n) is 3.12. The lowest BCUT2D eigenvalue weighted by Gasteiger charge is -2.36. The minimum absolute atomic E-state index is 0.123. The molecule has 1 aliphatic rings. The van der Waals surface area contributed by atoms with E-state index in [1.54, 1.807) is 19.1 Å². The van der Waals surface area contributed by atoms with Crippen LogP contribution in [0.15, 0.2) is 18.2 Å². The third-order valence-electron chi connectivity index (χ3n) is 4.51. The van der Waals surface area contributed by atoms with Crippen molar-refractivity contribution in [2.24, 2.45) is 0 Å². The Kier molecular flexibility index (Phi) is 4.28. The van der Waals surface area contributed by atoms with Crippen molar-refractivity contribution in [3.63, 3.8) is 0 Å². The van der Waals surface area contributed by atoms with Gasteiger partial charge in [0.15, 0.2) is 0 Å². The quantitative estimate of drug-likeness (QED) is 0.663. The Hall–Kier alpha value is -1.62. The summed E-state index contributed by atoms with van der Waals surface area (Å²) in [5.41, 5.74) is 1.64. The Balaban J connectivity index is 2.19. The summed E-state index contributed by atoms with van der Waals surface area (Å²) >= 11 is 0. The van der Waals surface area contributed by atoms with E-state index in [9.17, 15) is 10.1 Å². The van der Waals surface area contributed by atoms with Crippen molar-refractivity contribution in [2.75, 3.05) is 26.0 Å². The average Bonchev–Trinajstić information content (AvgIpc) is 2.86. The first-order chi connectivity index (χ1) is 9.46.